The van der Waals surface area contributed by atoms with Crippen molar-refractivity contribution >= 4 is 5.70 Å². The van der Waals surface area contributed by atoms with E-state index >= 15 is 0 Å². The first-order chi connectivity index (χ1) is 5.86. The molecule has 1 aromatic rings. The van der Waals surface area contributed by atoms with Crippen molar-refractivity contribution in [3.05, 3.63) is 29.9 Å². The largest absolute Gasteiger partial charge is 0.378 e. The molecular formula is C8H10N4. The van der Waals surface area contributed by atoms with Crippen LogP contribution in [0.25, 0.3) is 5.70 Å². The number of hydrogen-bond donors (Lipinski definition) is 2. The second kappa shape index (κ2) is 2.81. The Morgan fingerprint density at radius 1 is 1.50 bits per heavy atom. The minimum Gasteiger partial charge on any atom is -0.378 e. The molecule has 1 aromatic heterocycles. The molecule has 1 aliphatic rings. The van der Waals surface area contributed by atoms with Crippen molar-refractivity contribution in [1.82, 2.24) is 20.5 Å². The lowest BCUT2D eigenvalue weighted by atomic mass is 10.3. The van der Waals surface area contributed by atoms with Crippen molar-refractivity contribution in [3.8, 4) is 0 Å². The van der Waals surface area contributed by atoms with Gasteiger partial charge in [-0.25, -0.2) is 4.98 Å². The molecule has 0 saturated carbocycles. The summed E-state index contributed by atoms with van der Waals surface area (Å²) in [5.41, 5.74) is 0.974. The summed E-state index contributed by atoms with van der Waals surface area (Å²) in [4.78, 5) is 4.20. The number of aromatic amines is 1. The zero-order valence-corrected chi connectivity index (χ0v) is 6.83. The highest BCUT2D eigenvalue weighted by Gasteiger charge is 2.06. The Bertz CT molecular complexity index is 335. The van der Waals surface area contributed by atoms with Crippen LogP contribution >= 0.6 is 0 Å². The van der Waals surface area contributed by atoms with Gasteiger partial charge in [0.2, 0.25) is 0 Å². The van der Waals surface area contributed by atoms with Crippen LogP contribution in [0.1, 0.15) is 11.6 Å². The summed E-state index contributed by atoms with van der Waals surface area (Å²) in [5.74, 6) is 1.57. The number of nitrogens with zero attached hydrogens (tertiary/aromatic N) is 2. The van der Waals surface area contributed by atoms with E-state index in [1.54, 1.807) is 0 Å². The molecule has 1 aliphatic heterocycles. The molecule has 62 valence electrons. The van der Waals surface area contributed by atoms with Crippen molar-refractivity contribution in [3.63, 3.8) is 0 Å². The number of nitrogens with one attached hydrogen (secondary N) is 2. The molecule has 4 heteroatoms. The predicted octanol–water partition coefficient (Wildman–Crippen LogP) is 0.613. The summed E-state index contributed by atoms with van der Waals surface area (Å²) >= 11 is 0. The molecule has 0 saturated heterocycles. The fraction of sp³-hybridized carbons (Fsp3) is 0.250. The molecule has 2 heterocycles. The van der Waals surface area contributed by atoms with E-state index in [9.17, 15) is 0 Å². The fourth-order valence-electron chi connectivity index (χ4n) is 1.08. The Morgan fingerprint density at radius 2 is 2.42 bits per heavy atom. The van der Waals surface area contributed by atoms with Crippen LogP contribution in [-0.4, -0.2) is 21.7 Å². The molecule has 0 unspecified atom stereocenters. The van der Waals surface area contributed by atoms with Gasteiger partial charge in [0, 0.05) is 6.54 Å². The van der Waals surface area contributed by atoms with E-state index < -0.39 is 0 Å². The molecule has 0 aliphatic carbocycles. The number of dihydropyridines is 1. The number of H-pyrrole nitrogens is 1. The van der Waals surface area contributed by atoms with Gasteiger partial charge in [-0.3, -0.25) is 5.10 Å². The average Bonchev–Trinajstić information content (AvgIpc) is 2.54. The van der Waals surface area contributed by atoms with Crippen LogP contribution in [-0.2, 0) is 0 Å². The van der Waals surface area contributed by atoms with E-state index in [4.69, 9.17) is 0 Å². The van der Waals surface area contributed by atoms with Crippen LogP contribution in [0, 0.1) is 6.92 Å². The Labute approximate surface area is 70.4 Å². The van der Waals surface area contributed by atoms with Crippen LogP contribution in [0.5, 0.6) is 0 Å². The number of hydrogen-bond acceptors (Lipinski definition) is 3. The van der Waals surface area contributed by atoms with Gasteiger partial charge in [0.05, 0.1) is 5.70 Å². The van der Waals surface area contributed by atoms with E-state index in [1.165, 1.54) is 0 Å². The maximum absolute atomic E-state index is 4.20. The number of allylic oxidation sites excluding steroid dienone is 2. The molecule has 0 aromatic carbocycles. The predicted molar refractivity (Wildman–Crippen MR) is 46.2 cm³/mol. The van der Waals surface area contributed by atoms with Gasteiger partial charge in [-0.05, 0) is 13.0 Å². The van der Waals surface area contributed by atoms with Gasteiger partial charge >= 0.3 is 0 Å². The summed E-state index contributed by atoms with van der Waals surface area (Å²) in [6.07, 6.45) is 6.01. The second-order valence-electron chi connectivity index (χ2n) is 2.63. The smallest absolute Gasteiger partial charge is 0.197 e. The maximum atomic E-state index is 4.20. The standard InChI is InChI=1S/C8H10N4/c1-6-10-8(12-11-6)7-4-2-3-5-9-7/h2-4,9H,5H2,1H3,(H,10,11,12). The van der Waals surface area contributed by atoms with Gasteiger partial charge < -0.3 is 5.32 Å². The number of aryl methyl sites for hydroxylation is 1. The molecule has 0 atom stereocenters. The maximum Gasteiger partial charge on any atom is 0.197 e. The van der Waals surface area contributed by atoms with Crippen molar-refractivity contribution in [2.45, 2.75) is 6.92 Å². The van der Waals surface area contributed by atoms with E-state index in [2.05, 4.69) is 20.5 Å². The molecule has 2 rings (SSSR count). The van der Waals surface area contributed by atoms with E-state index in [-0.39, 0.29) is 0 Å². The van der Waals surface area contributed by atoms with Gasteiger partial charge in [0.15, 0.2) is 5.82 Å². The molecule has 12 heavy (non-hydrogen) atoms. The van der Waals surface area contributed by atoms with Crippen LogP contribution in [0.2, 0.25) is 0 Å². The Kier molecular flexibility index (Phi) is 1.66. The minimum atomic E-state index is 0.733. The van der Waals surface area contributed by atoms with Crippen LogP contribution in [0.15, 0.2) is 18.2 Å². The van der Waals surface area contributed by atoms with Crippen LogP contribution in [0.4, 0.5) is 0 Å². The monoisotopic (exact) mass is 162 g/mol. The van der Waals surface area contributed by atoms with Gasteiger partial charge in [0.25, 0.3) is 0 Å². The summed E-state index contributed by atoms with van der Waals surface area (Å²) in [6.45, 7) is 2.73. The highest BCUT2D eigenvalue weighted by Crippen LogP contribution is 2.07. The molecule has 0 bridgehead atoms. The molecule has 0 radical (unpaired) electrons. The zero-order chi connectivity index (χ0) is 8.39. The third-order valence-corrected chi connectivity index (χ3v) is 1.65. The molecule has 0 spiro atoms. The second-order valence-corrected chi connectivity index (χ2v) is 2.63. The summed E-state index contributed by atoms with van der Waals surface area (Å²) in [6, 6.07) is 0. The Morgan fingerprint density at radius 3 is 3.00 bits per heavy atom. The van der Waals surface area contributed by atoms with E-state index in [0.717, 1.165) is 23.9 Å². The minimum absolute atomic E-state index is 0.733. The third kappa shape index (κ3) is 1.23. The SMILES string of the molecule is Cc1nc(C2=CC=CCN2)n[nH]1. The normalized spacial score (nSPS) is 15.6. The van der Waals surface area contributed by atoms with Gasteiger partial charge in [0.1, 0.15) is 5.82 Å². The number of aromatic nitrogens is 3. The van der Waals surface area contributed by atoms with Crippen molar-refractivity contribution in [2.24, 2.45) is 0 Å². The van der Waals surface area contributed by atoms with Crippen molar-refractivity contribution < 1.29 is 0 Å². The molecule has 0 fully saturated rings. The summed E-state index contributed by atoms with van der Waals surface area (Å²) in [7, 11) is 0. The van der Waals surface area contributed by atoms with Crippen LogP contribution < -0.4 is 5.32 Å². The lowest BCUT2D eigenvalue weighted by Gasteiger charge is -2.07. The fourth-order valence-corrected chi connectivity index (χ4v) is 1.08. The van der Waals surface area contributed by atoms with Gasteiger partial charge in [-0.2, -0.15) is 5.10 Å². The van der Waals surface area contributed by atoms with Gasteiger partial charge in [-0.1, -0.05) is 12.2 Å². The Balaban J connectivity index is 2.30. The highest BCUT2D eigenvalue weighted by atomic mass is 15.2. The van der Waals surface area contributed by atoms with E-state index in [0.29, 0.717) is 0 Å². The Hall–Kier alpha value is -1.58. The van der Waals surface area contributed by atoms with Crippen molar-refractivity contribution in [2.75, 3.05) is 6.54 Å². The topological polar surface area (TPSA) is 53.6 Å². The first-order valence-electron chi connectivity index (χ1n) is 3.86. The molecular weight excluding hydrogens is 152 g/mol. The molecule has 4 nitrogen and oxygen atoms in total. The summed E-state index contributed by atoms with van der Waals surface area (Å²) < 4.78 is 0. The quantitative estimate of drug-likeness (QED) is 0.636. The highest BCUT2D eigenvalue weighted by molar-refractivity contribution is 5.60. The molecule has 2 N–H and O–H groups in total. The van der Waals surface area contributed by atoms with Crippen molar-refractivity contribution in [1.29, 1.82) is 0 Å². The first-order valence-corrected chi connectivity index (χ1v) is 3.86. The first kappa shape index (κ1) is 7.09. The van der Waals surface area contributed by atoms with E-state index in [1.807, 2.05) is 25.2 Å². The molecule has 0 amide bonds. The lowest BCUT2D eigenvalue weighted by molar-refractivity contribution is 0.957. The third-order valence-electron chi connectivity index (χ3n) is 1.65. The van der Waals surface area contributed by atoms with Gasteiger partial charge in [-0.15, -0.1) is 0 Å². The number of rotatable bonds is 1. The zero-order valence-electron chi connectivity index (χ0n) is 6.83. The average molecular weight is 162 g/mol. The summed E-state index contributed by atoms with van der Waals surface area (Å²) in [5, 5.41) is 10.0. The lowest BCUT2D eigenvalue weighted by Crippen LogP contribution is -2.15. The van der Waals surface area contributed by atoms with Crippen LogP contribution in [0.3, 0.4) is 0 Å².